The van der Waals surface area contributed by atoms with Crippen LogP contribution in [0.1, 0.15) is 99.8 Å². The van der Waals surface area contributed by atoms with Crippen molar-refractivity contribution < 1.29 is 9.53 Å². The summed E-state index contributed by atoms with van der Waals surface area (Å²) in [5, 5.41) is 0. The van der Waals surface area contributed by atoms with Gasteiger partial charge >= 0.3 is 0 Å². The van der Waals surface area contributed by atoms with Gasteiger partial charge in [-0.05, 0) is 98.7 Å². The van der Waals surface area contributed by atoms with Gasteiger partial charge in [-0.3, -0.25) is 4.79 Å². The maximum absolute atomic E-state index is 12.8. The molecule has 8 atom stereocenters. The van der Waals surface area contributed by atoms with Crippen LogP contribution in [0, 0.1) is 45.3 Å². The van der Waals surface area contributed by atoms with Crippen molar-refractivity contribution in [3.8, 4) is 0 Å². The quantitative estimate of drug-likeness (QED) is 0.416. The highest BCUT2D eigenvalue weighted by atomic mass is 16.5. The molecule has 4 fully saturated rings. The molecular weight excluding hydrogens is 392 g/mol. The Bertz CT molecular complexity index is 860. The number of rotatable bonds is 2. The lowest BCUT2D eigenvalue weighted by Gasteiger charge is -2.63. The molecule has 0 N–H and O–H groups in total. The van der Waals surface area contributed by atoms with Crippen molar-refractivity contribution in [2.45, 2.75) is 106 Å². The minimum atomic E-state index is -0.171. The van der Waals surface area contributed by atoms with Gasteiger partial charge in [-0.1, -0.05) is 57.9 Å². The molecule has 0 radical (unpaired) electrons. The Kier molecular flexibility index (Phi) is 5.22. The molecule has 3 saturated carbocycles. The van der Waals surface area contributed by atoms with Crippen molar-refractivity contribution in [1.29, 1.82) is 0 Å². The Morgan fingerprint density at radius 2 is 1.81 bits per heavy atom. The van der Waals surface area contributed by atoms with E-state index in [1.807, 2.05) is 0 Å². The van der Waals surface area contributed by atoms with E-state index in [9.17, 15) is 4.79 Å². The van der Waals surface area contributed by atoms with E-state index < -0.39 is 0 Å². The van der Waals surface area contributed by atoms with Crippen LogP contribution < -0.4 is 0 Å². The van der Waals surface area contributed by atoms with Crippen molar-refractivity contribution in [3.05, 3.63) is 23.3 Å². The SMILES string of the molecule is CC(C)=C[C@H]1C[C@@H]([C@@H]2CC[C@]3(C)C4=CC[C@H]5C(C)(C)C(=O)CC[C@]5(C)[C@H]4CC[C@@]23C)CO1. The zero-order valence-electron chi connectivity index (χ0n) is 21.7. The van der Waals surface area contributed by atoms with E-state index in [0.29, 0.717) is 40.5 Å². The number of ether oxygens (including phenoxy) is 1. The molecular formula is C30H46O2. The average molecular weight is 439 g/mol. The lowest BCUT2D eigenvalue weighted by molar-refractivity contribution is -0.146. The van der Waals surface area contributed by atoms with Crippen LogP contribution in [0.25, 0.3) is 0 Å². The molecule has 32 heavy (non-hydrogen) atoms. The van der Waals surface area contributed by atoms with E-state index in [4.69, 9.17) is 4.74 Å². The highest BCUT2D eigenvalue weighted by Crippen LogP contribution is 2.73. The van der Waals surface area contributed by atoms with Gasteiger partial charge in [0.15, 0.2) is 0 Å². The normalized spacial score (nSPS) is 49.7. The molecule has 1 aliphatic heterocycles. The van der Waals surface area contributed by atoms with Crippen LogP contribution in [0.3, 0.4) is 0 Å². The molecule has 2 heteroatoms. The van der Waals surface area contributed by atoms with E-state index in [1.54, 1.807) is 5.57 Å². The monoisotopic (exact) mass is 438 g/mol. The Balaban J connectivity index is 1.45. The molecule has 0 aromatic heterocycles. The first-order valence-electron chi connectivity index (χ1n) is 13.4. The average Bonchev–Trinajstić information content (AvgIpc) is 3.26. The van der Waals surface area contributed by atoms with Gasteiger partial charge in [0.1, 0.15) is 5.78 Å². The lowest BCUT2D eigenvalue weighted by atomic mass is 9.41. The summed E-state index contributed by atoms with van der Waals surface area (Å²) in [4.78, 5) is 12.8. The zero-order chi connectivity index (χ0) is 23.1. The van der Waals surface area contributed by atoms with E-state index in [0.717, 1.165) is 31.8 Å². The zero-order valence-corrected chi connectivity index (χ0v) is 21.7. The number of carbonyl (C=O) groups is 1. The fraction of sp³-hybridized carbons (Fsp3) is 0.833. The highest BCUT2D eigenvalue weighted by Gasteiger charge is 2.65. The first-order chi connectivity index (χ1) is 14.9. The minimum absolute atomic E-state index is 0.171. The molecule has 5 aliphatic rings. The van der Waals surface area contributed by atoms with E-state index in [-0.39, 0.29) is 10.8 Å². The second-order valence-electron chi connectivity index (χ2n) is 13.7. The molecule has 0 bridgehead atoms. The predicted octanol–water partition coefficient (Wildman–Crippen LogP) is 7.53. The van der Waals surface area contributed by atoms with Gasteiger partial charge in [-0.25, -0.2) is 0 Å². The molecule has 5 rings (SSSR count). The van der Waals surface area contributed by atoms with E-state index in [1.165, 1.54) is 37.7 Å². The van der Waals surface area contributed by atoms with Crippen molar-refractivity contribution in [3.63, 3.8) is 0 Å². The largest absolute Gasteiger partial charge is 0.374 e. The van der Waals surface area contributed by atoms with Gasteiger partial charge in [0.2, 0.25) is 0 Å². The molecule has 0 amide bonds. The second kappa shape index (κ2) is 7.30. The Labute approximate surface area is 196 Å². The van der Waals surface area contributed by atoms with Gasteiger partial charge in [0.25, 0.3) is 0 Å². The summed E-state index contributed by atoms with van der Waals surface area (Å²) < 4.78 is 6.25. The topological polar surface area (TPSA) is 26.3 Å². The minimum Gasteiger partial charge on any atom is -0.374 e. The Morgan fingerprint density at radius 1 is 1.06 bits per heavy atom. The smallest absolute Gasteiger partial charge is 0.138 e. The number of fused-ring (bicyclic) bond motifs is 5. The van der Waals surface area contributed by atoms with Crippen LogP contribution in [0.5, 0.6) is 0 Å². The summed E-state index contributed by atoms with van der Waals surface area (Å²) in [5.41, 5.74) is 3.98. The molecule has 1 saturated heterocycles. The number of hydrogen-bond donors (Lipinski definition) is 0. The summed E-state index contributed by atoms with van der Waals surface area (Å²) >= 11 is 0. The van der Waals surface area contributed by atoms with Crippen LogP contribution >= 0.6 is 0 Å². The van der Waals surface area contributed by atoms with Crippen LogP contribution in [0.2, 0.25) is 0 Å². The molecule has 1 heterocycles. The van der Waals surface area contributed by atoms with E-state index >= 15 is 0 Å². The molecule has 0 aromatic carbocycles. The number of Topliss-reactive ketones (excluding diaryl/α,β-unsaturated/α-hetero) is 1. The van der Waals surface area contributed by atoms with Gasteiger partial charge in [0.05, 0.1) is 12.7 Å². The van der Waals surface area contributed by atoms with Gasteiger partial charge in [-0.2, -0.15) is 0 Å². The summed E-state index contributed by atoms with van der Waals surface area (Å²) in [5.74, 6) is 3.15. The van der Waals surface area contributed by atoms with Crippen molar-refractivity contribution >= 4 is 5.78 Å². The van der Waals surface area contributed by atoms with Crippen LogP contribution in [-0.4, -0.2) is 18.5 Å². The van der Waals surface area contributed by atoms with Gasteiger partial charge in [0, 0.05) is 11.8 Å². The molecule has 0 aromatic rings. The number of hydrogen-bond acceptors (Lipinski definition) is 2. The van der Waals surface area contributed by atoms with Crippen LogP contribution in [0.4, 0.5) is 0 Å². The molecule has 2 nitrogen and oxygen atoms in total. The standard InChI is InChI=1S/C30H46O2/c1-19(2)16-21-17-20(18-32-21)22-10-14-30(7)24-8-9-25-27(3,4)26(31)12-13-28(25,5)23(24)11-15-29(22,30)6/h8,16,20-23,25H,9-15,17-18H2,1-7H3/t20-,21+,22+,23+,25+,28-,29+,30-/m1/s1. The fourth-order valence-corrected chi connectivity index (χ4v) is 9.76. The fourth-order valence-electron chi connectivity index (χ4n) is 9.76. The highest BCUT2D eigenvalue weighted by molar-refractivity contribution is 5.85. The molecule has 0 spiro atoms. The van der Waals surface area contributed by atoms with Crippen LogP contribution in [0.15, 0.2) is 23.3 Å². The Hall–Kier alpha value is -0.890. The number of ketones is 1. The summed E-state index contributed by atoms with van der Waals surface area (Å²) in [6.45, 7) is 17.6. The molecule has 4 aliphatic carbocycles. The first-order valence-corrected chi connectivity index (χ1v) is 13.4. The Morgan fingerprint density at radius 3 is 2.53 bits per heavy atom. The number of allylic oxidation sites excluding steroid dienone is 3. The van der Waals surface area contributed by atoms with Crippen molar-refractivity contribution in [2.24, 2.45) is 45.3 Å². The van der Waals surface area contributed by atoms with Gasteiger partial charge < -0.3 is 4.74 Å². The maximum atomic E-state index is 12.8. The van der Waals surface area contributed by atoms with E-state index in [2.05, 4.69) is 60.6 Å². The van der Waals surface area contributed by atoms with Crippen molar-refractivity contribution in [2.75, 3.05) is 6.61 Å². The summed E-state index contributed by atoms with van der Waals surface area (Å²) in [6.07, 6.45) is 14.9. The van der Waals surface area contributed by atoms with Crippen molar-refractivity contribution in [1.82, 2.24) is 0 Å². The third-order valence-corrected chi connectivity index (χ3v) is 11.8. The third kappa shape index (κ3) is 2.96. The summed E-state index contributed by atoms with van der Waals surface area (Å²) in [6, 6.07) is 0. The summed E-state index contributed by atoms with van der Waals surface area (Å²) in [7, 11) is 0. The van der Waals surface area contributed by atoms with Crippen LogP contribution in [-0.2, 0) is 9.53 Å². The third-order valence-electron chi connectivity index (χ3n) is 11.8. The lowest BCUT2D eigenvalue weighted by Crippen LogP contribution is -2.57. The van der Waals surface area contributed by atoms with Gasteiger partial charge in [-0.15, -0.1) is 0 Å². The maximum Gasteiger partial charge on any atom is 0.138 e. The predicted molar refractivity (Wildman–Crippen MR) is 131 cm³/mol. The first kappa shape index (κ1) is 22.9. The molecule has 178 valence electrons. The second-order valence-corrected chi connectivity index (χ2v) is 13.7. The molecule has 0 unspecified atom stereocenters. The number of carbonyl (C=O) groups excluding carboxylic acids is 1.